The Morgan fingerprint density at radius 3 is 2.67 bits per heavy atom. The number of nitrogens with zero attached hydrogens (tertiary/aromatic N) is 1. The number of hydrogen-bond acceptors (Lipinski definition) is 4. The fourth-order valence-electron chi connectivity index (χ4n) is 4.57. The lowest BCUT2D eigenvalue weighted by Crippen LogP contribution is -2.53. The lowest BCUT2D eigenvalue weighted by molar-refractivity contribution is -0.141. The first-order valence-corrected chi connectivity index (χ1v) is 9.83. The fourth-order valence-corrected chi connectivity index (χ4v) is 4.57. The van der Waals surface area contributed by atoms with Crippen molar-refractivity contribution in [3.63, 3.8) is 0 Å². The second-order valence-electron chi connectivity index (χ2n) is 7.97. The van der Waals surface area contributed by atoms with Gasteiger partial charge >= 0.3 is 0 Å². The summed E-state index contributed by atoms with van der Waals surface area (Å²) >= 11 is 0. The maximum absolute atomic E-state index is 12.9. The Hall–Kier alpha value is -2.08. The van der Waals surface area contributed by atoms with Crippen LogP contribution in [0.3, 0.4) is 0 Å². The van der Waals surface area contributed by atoms with Crippen LogP contribution in [0.5, 0.6) is 5.75 Å². The first-order chi connectivity index (χ1) is 13.0. The molecule has 1 aromatic rings. The summed E-state index contributed by atoms with van der Waals surface area (Å²) < 4.78 is 5.31. The number of para-hydroxylation sites is 1. The second kappa shape index (κ2) is 8.30. The molecule has 0 radical (unpaired) electrons. The topological polar surface area (TPSA) is 78.9 Å². The molecule has 2 atom stereocenters. The second-order valence-corrected chi connectivity index (χ2v) is 7.97. The molecule has 148 valence electrons. The molecule has 1 heterocycles. The van der Waals surface area contributed by atoms with Crippen molar-refractivity contribution in [2.45, 2.75) is 64.1 Å². The standard InChI is InChI=1S/C21H30N2O4/c1-15(24)19(20(26)22-13-16-8-4-5-9-17(16)27-2)23-14-21(12-18(23)25)10-6-3-7-11-21/h4-5,8-9,15,19,24H,3,6-7,10-14H2,1-2H3,(H,22,26)/t15-,19+/m1/s1. The summed E-state index contributed by atoms with van der Waals surface area (Å²) in [5, 5.41) is 13.1. The van der Waals surface area contributed by atoms with Crippen molar-refractivity contribution in [2.75, 3.05) is 13.7 Å². The molecular weight excluding hydrogens is 344 g/mol. The van der Waals surface area contributed by atoms with E-state index in [1.165, 1.54) is 6.42 Å². The number of methoxy groups -OCH3 is 1. The van der Waals surface area contributed by atoms with E-state index >= 15 is 0 Å². The summed E-state index contributed by atoms with van der Waals surface area (Å²) in [6.07, 6.45) is 5.13. The number of rotatable bonds is 6. The molecule has 0 aromatic heterocycles. The van der Waals surface area contributed by atoms with Crippen LogP contribution in [0.15, 0.2) is 24.3 Å². The molecule has 2 fully saturated rings. The van der Waals surface area contributed by atoms with Crippen LogP contribution >= 0.6 is 0 Å². The monoisotopic (exact) mass is 374 g/mol. The average Bonchev–Trinajstić information content (AvgIpc) is 2.95. The minimum Gasteiger partial charge on any atom is -0.496 e. The number of hydrogen-bond donors (Lipinski definition) is 2. The highest BCUT2D eigenvalue weighted by molar-refractivity contribution is 5.89. The summed E-state index contributed by atoms with van der Waals surface area (Å²) in [5.74, 6) is 0.358. The molecular formula is C21H30N2O4. The van der Waals surface area contributed by atoms with E-state index in [9.17, 15) is 14.7 Å². The Balaban J connectivity index is 1.69. The predicted octanol–water partition coefficient (Wildman–Crippen LogP) is 2.24. The number of carbonyl (C=O) groups is 2. The van der Waals surface area contributed by atoms with E-state index < -0.39 is 12.1 Å². The molecule has 1 saturated heterocycles. The quantitative estimate of drug-likeness (QED) is 0.800. The zero-order chi connectivity index (χ0) is 19.4. The number of ether oxygens (including phenoxy) is 1. The normalized spacial score (nSPS) is 21.1. The first-order valence-electron chi connectivity index (χ1n) is 9.83. The van der Waals surface area contributed by atoms with E-state index in [2.05, 4.69) is 5.32 Å². The maximum atomic E-state index is 12.9. The van der Waals surface area contributed by atoms with Gasteiger partial charge in [-0.05, 0) is 31.2 Å². The summed E-state index contributed by atoms with van der Waals surface area (Å²) in [5.41, 5.74) is 0.847. The molecule has 0 unspecified atom stereocenters. The summed E-state index contributed by atoms with van der Waals surface area (Å²) in [4.78, 5) is 27.1. The zero-order valence-corrected chi connectivity index (χ0v) is 16.2. The van der Waals surface area contributed by atoms with Crippen molar-refractivity contribution < 1.29 is 19.4 Å². The van der Waals surface area contributed by atoms with Crippen LogP contribution in [0, 0.1) is 5.41 Å². The highest BCUT2D eigenvalue weighted by Gasteiger charge is 2.48. The minimum absolute atomic E-state index is 0.00853. The number of amides is 2. The molecule has 3 rings (SSSR count). The van der Waals surface area contributed by atoms with Crippen LogP contribution in [-0.4, -0.2) is 47.6 Å². The Morgan fingerprint density at radius 2 is 2.00 bits per heavy atom. The number of likely N-dealkylation sites (tertiary alicyclic amines) is 1. The van der Waals surface area contributed by atoms with Gasteiger partial charge in [0.05, 0.1) is 13.2 Å². The number of benzene rings is 1. The van der Waals surface area contributed by atoms with Crippen molar-refractivity contribution in [3.8, 4) is 5.75 Å². The summed E-state index contributed by atoms with van der Waals surface area (Å²) in [7, 11) is 1.59. The van der Waals surface area contributed by atoms with Gasteiger partial charge in [-0.25, -0.2) is 0 Å². The van der Waals surface area contributed by atoms with Gasteiger partial charge in [-0.15, -0.1) is 0 Å². The Bertz CT molecular complexity index is 683. The summed E-state index contributed by atoms with van der Waals surface area (Å²) in [6.45, 7) is 2.44. The lowest BCUT2D eigenvalue weighted by atomic mass is 9.73. The van der Waals surface area contributed by atoms with Crippen LogP contribution in [0.4, 0.5) is 0 Å². The average molecular weight is 374 g/mol. The molecule has 1 aliphatic carbocycles. The Morgan fingerprint density at radius 1 is 1.30 bits per heavy atom. The van der Waals surface area contributed by atoms with E-state index in [1.54, 1.807) is 18.9 Å². The molecule has 1 aliphatic heterocycles. The molecule has 1 saturated carbocycles. The third-order valence-corrected chi connectivity index (χ3v) is 5.97. The highest BCUT2D eigenvalue weighted by atomic mass is 16.5. The van der Waals surface area contributed by atoms with Crippen molar-refractivity contribution >= 4 is 11.8 Å². The van der Waals surface area contributed by atoms with Crippen LogP contribution in [0.2, 0.25) is 0 Å². The fraction of sp³-hybridized carbons (Fsp3) is 0.619. The van der Waals surface area contributed by atoms with Crippen LogP contribution < -0.4 is 10.1 Å². The van der Waals surface area contributed by atoms with E-state index in [0.29, 0.717) is 25.3 Å². The van der Waals surface area contributed by atoms with E-state index in [1.807, 2.05) is 24.3 Å². The molecule has 1 spiro atoms. The van der Waals surface area contributed by atoms with Crippen LogP contribution in [0.1, 0.15) is 51.0 Å². The summed E-state index contributed by atoms with van der Waals surface area (Å²) in [6, 6.07) is 6.62. The van der Waals surface area contributed by atoms with Crippen molar-refractivity contribution in [2.24, 2.45) is 5.41 Å². The van der Waals surface area contributed by atoms with E-state index in [4.69, 9.17) is 4.74 Å². The Labute approximate surface area is 160 Å². The molecule has 6 nitrogen and oxygen atoms in total. The largest absolute Gasteiger partial charge is 0.496 e. The van der Waals surface area contributed by atoms with Crippen molar-refractivity contribution in [3.05, 3.63) is 29.8 Å². The molecule has 6 heteroatoms. The first kappa shape index (κ1) is 19.7. The number of carbonyl (C=O) groups excluding carboxylic acids is 2. The van der Waals surface area contributed by atoms with E-state index in [0.717, 1.165) is 31.2 Å². The highest BCUT2D eigenvalue weighted by Crippen LogP contribution is 2.45. The smallest absolute Gasteiger partial charge is 0.245 e. The van der Waals surface area contributed by atoms with Gasteiger partial charge in [-0.2, -0.15) is 0 Å². The van der Waals surface area contributed by atoms with Gasteiger partial charge in [-0.3, -0.25) is 9.59 Å². The lowest BCUT2D eigenvalue weighted by Gasteiger charge is -2.35. The Kier molecular flexibility index (Phi) is 6.05. The number of nitrogens with one attached hydrogen (secondary N) is 1. The van der Waals surface area contributed by atoms with Gasteiger partial charge in [0, 0.05) is 25.1 Å². The number of aliphatic hydroxyl groups is 1. The van der Waals surface area contributed by atoms with Gasteiger partial charge in [-0.1, -0.05) is 37.5 Å². The van der Waals surface area contributed by atoms with Crippen molar-refractivity contribution in [1.82, 2.24) is 10.2 Å². The van der Waals surface area contributed by atoms with Gasteiger partial charge < -0.3 is 20.1 Å². The number of aliphatic hydroxyl groups excluding tert-OH is 1. The molecule has 2 aliphatic rings. The molecule has 27 heavy (non-hydrogen) atoms. The van der Waals surface area contributed by atoms with Gasteiger partial charge in [0.2, 0.25) is 11.8 Å². The maximum Gasteiger partial charge on any atom is 0.245 e. The molecule has 1 aromatic carbocycles. The van der Waals surface area contributed by atoms with Crippen molar-refractivity contribution in [1.29, 1.82) is 0 Å². The van der Waals surface area contributed by atoms with Crippen LogP contribution in [-0.2, 0) is 16.1 Å². The van der Waals surface area contributed by atoms with Gasteiger partial charge in [0.1, 0.15) is 11.8 Å². The SMILES string of the molecule is COc1ccccc1CNC(=O)[C@H]([C@@H](C)O)N1CC2(CCCCC2)CC1=O. The predicted molar refractivity (Wildman–Crippen MR) is 102 cm³/mol. The third-order valence-electron chi connectivity index (χ3n) is 5.97. The van der Waals surface area contributed by atoms with Gasteiger partial charge in [0.25, 0.3) is 0 Å². The molecule has 2 N–H and O–H groups in total. The third kappa shape index (κ3) is 4.26. The molecule has 2 amide bonds. The van der Waals surface area contributed by atoms with Gasteiger partial charge in [0.15, 0.2) is 0 Å². The minimum atomic E-state index is -0.926. The van der Waals surface area contributed by atoms with E-state index in [-0.39, 0.29) is 17.2 Å². The zero-order valence-electron chi connectivity index (χ0n) is 16.2. The molecule has 0 bridgehead atoms. The van der Waals surface area contributed by atoms with Crippen LogP contribution in [0.25, 0.3) is 0 Å².